The summed E-state index contributed by atoms with van der Waals surface area (Å²) in [5, 5.41) is 5.59. The van der Waals surface area contributed by atoms with Crippen molar-refractivity contribution < 1.29 is 41.3 Å². The van der Waals surface area contributed by atoms with Crippen molar-refractivity contribution in [1.82, 2.24) is 15.5 Å². The van der Waals surface area contributed by atoms with Crippen LogP contribution in [0.3, 0.4) is 0 Å². The Bertz CT molecular complexity index is 1490. The average molecular weight is 723 g/mol. The van der Waals surface area contributed by atoms with Gasteiger partial charge in [0.15, 0.2) is 0 Å². The van der Waals surface area contributed by atoms with Gasteiger partial charge in [0.05, 0.1) is 18.1 Å². The number of alkyl carbamates (subject to hydrolysis) is 1. The minimum atomic E-state index is -4.24. The van der Waals surface area contributed by atoms with Crippen LogP contribution >= 0.6 is 15.9 Å². The number of carbonyl (C=O) groups is 4. The lowest BCUT2D eigenvalue weighted by molar-refractivity contribution is -0.148. The summed E-state index contributed by atoms with van der Waals surface area (Å²) in [6.07, 6.45) is 8.39. The number of benzene rings is 1. The van der Waals surface area contributed by atoms with Crippen LogP contribution in [0.4, 0.5) is 4.79 Å². The largest absolute Gasteiger partial charge is 0.467 e. The van der Waals surface area contributed by atoms with Crippen LogP contribution in [-0.4, -0.2) is 80.7 Å². The first kappa shape index (κ1) is 33.0. The quantitative estimate of drug-likeness (QED) is 0.255. The molecule has 1 saturated heterocycles. The Balaban J connectivity index is 1.24. The van der Waals surface area contributed by atoms with E-state index in [0.717, 1.165) is 32.1 Å². The van der Waals surface area contributed by atoms with Crippen molar-refractivity contribution in [3.63, 3.8) is 0 Å². The number of hydrogen-bond donors (Lipinski definition) is 2. The monoisotopic (exact) mass is 721 g/mol. The fourth-order valence-corrected chi connectivity index (χ4v) is 8.56. The molecule has 250 valence electrons. The molecule has 14 heteroatoms. The van der Waals surface area contributed by atoms with Gasteiger partial charge >= 0.3 is 12.1 Å². The van der Waals surface area contributed by atoms with Crippen molar-refractivity contribution in [3.8, 4) is 0 Å². The van der Waals surface area contributed by atoms with E-state index in [2.05, 4.69) is 26.6 Å². The normalized spacial score (nSPS) is 34.9. The highest BCUT2D eigenvalue weighted by Gasteiger charge is 2.62. The third-order valence-corrected chi connectivity index (χ3v) is 11.8. The third-order valence-electron chi connectivity index (χ3n) is 9.92. The molecule has 4 fully saturated rings. The molecule has 0 aromatic heterocycles. The minimum absolute atomic E-state index is 0.0694. The van der Waals surface area contributed by atoms with Crippen molar-refractivity contribution in [3.05, 3.63) is 40.9 Å². The summed E-state index contributed by atoms with van der Waals surface area (Å²) >= 11 is 3.29. The van der Waals surface area contributed by atoms with Crippen LogP contribution in [0.2, 0.25) is 0 Å². The van der Waals surface area contributed by atoms with Crippen molar-refractivity contribution in [2.24, 2.45) is 17.8 Å². The SMILES string of the molecule is COC(=O)[C@@]12C[C@@H]1/C=C\CCCCC[C@H](NC(=O)OC1CC3CC3C1)C(=O)N1C[C@@H](OS(=O)(=O)c3ccc(Br)cc3)C[C@H]1C(=O)N2. The Morgan fingerprint density at radius 2 is 1.76 bits per heavy atom. The molecular formula is C32H40BrN3O9S. The van der Waals surface area contributed by atoms with Crippen molar-refractivity contribution in [2.75, 3.05) is 13.7 Å². The van der Waals surface area contributed by atoms with Gasteiger partial charge in [0.2, 0.25) is 11.8 Å². The molecule has 12 nitrogen and oxygen atoms in total. The van der Waals surface area contributed by atoms with Gasteiger partial charge in [0.1, 0.15) is 23.7 Å². The second kappa shape index (κ2) is 13.3. The Labute approximate surface area is 277 Å². The summed E-state index contributed by atoms with van der Waals surface area (Å²) in [6, 6.07) is 3.78. The lowest BCUT2D eigenvalue weighted by Gasteiger charge is -2.29. The van der Waals surface area contributed by atoms with E-state index in [1.807, 2.05) is 12.2 Å². The summed E-state index contributed by atoms with van der Waals surface area (Å²) in [7, 11) is -2.98. The predicted octanol–water partition coefficient (Wildman–Crippen LogP) is 3.59. The second-order valence-electron chi connectivity index (χ2n) is 13.1. The van der Waals surface area contributed by atoms with Gasteiger partial charge < -0.3 is 25.0 Å². The zero-order valence-corrected chi connectivity index (χ0v) is 28.1. The second-order valence-corrected chi connectivity index (χ2v) is 15.6. The van der Waals surface area contributed by atoms with E-state index in [0.29, 0.717) is 35.6 Å². The molecule has 0 spiro atoms. The number of nitrogens with one attached hydrogen (secondary N) is 2. The highest BCUT2D eigenvalue weighted by molar-refractivity contribution is 9.10. The number of rotatable bonds is 6. The van der Waals surface area contributed by atoms with Crippen LogP contribution in [0, 0.1) is 17.8 Å². The molecule has 3 amide bonds. The number of nitrogens with zero attached hydrogens (tertiary/aromatic N) is 1. The Hall–Kier alpha value is -2.97. The van der Waals surface area contributed by atoms with Crippen LogP contribution in [0.1, 0.15) is 64.2 Å². The third kappa shape index (κ3) is 7.13. The molecule has 5 aliphatic rings. The van der Waals surface area contributed by atoms with Crippen molar-refractivity contribution in [1.29, 1.82) is 0 Å². The number of methoxy groups -OCH3 is 1. The molecule has 46 heavy (non-hydrogen) atoms. The number of allylic oxidation sites excluding steroid dienone is 1. The molecule has 2 heterocycles. The fraction of sp³-hybridized carbons (Fsp3) is 0.625. The molecule has 7 atom stereocenters. The summed E-state index contributed by atoms with van der Waals surface area (Å²) in [5.74, 6) is -0.793. The highest BCUT2D eigenvalue weighted by atomic mass is 79.9. The maximum absolute atomic E-state index is 14.2. The molecule has 1 aromatic carbocycles. The number of halogens is 1. The van der Waals surface area contributed by atoms with E-state index in [1.165, 1.54) is 30.6 Å². The molecule has 0 radical (unpaired) electrons. The van der Waals surface area contributed by atoms with Crippen LogP contribution in [0.15, 0.2) is 45.8 Å². The lowest BCUT2D eigenvalue weighted by atomic mass is 10.0. The van der Waals surface area contributed by atoms with E-state index in [4.69, 9.17) is 13.7 Å². The van der Waals surface area contributed by atoms with Crippen molar-refractivity contribution >= 4 is 49.9 Å². The maximum atomic E-state index is 14.2. The molecule has 2 N–H and O–H groups in total. The van der Waals surface area contributed by atoms with Gasteiger partial charge in [-0.15, -0.1) is 0 Å². The van der Waals surface area contributed by atoms with Crippen LogP contribution in [-0.2, 0) is 38.2 Å². The predicted molar refractivity (Wildman–Crippen MR) is 168 cm³/mol. The molecule has 1 aromatic rings. The van der Waals surface area contributed by atoms with Crippen LogP contribution in [0.25, 0.3) is 0 Å². The number of esters is 1. The van der Waals surface area contributed by atoms with Gasteiger partial charge in [-0.05, 0) is 81.0 Å². The summed E-state index contributed by atoms with van der Waals surface area (Å²) in [4.78, 5) is 55.1. The Morgan fingerprint density at radius 1 is 1.02 bits per heavy atom. The van der Waals surface area contributed by atoms with Crippen molar-refractivity contribution in [2.45, 2.75) is 98.9 Å². The smallest absolute Gasteiger partial charge is 0.408 e. The van der Waals surface area contributed by atoms with Gasteiger partial charge in [-0.3, -0.25) is 13.8 Å². The number of carbonyl (C=O) groups excluding carboxylic acids is 4. The number of fused-ring (bicyclic) bond motifs is 3. The Morgan fingerprint density at radius 3 is 2.48 bits per heavy atom. The van der Waals surface area contributed by atoms with E-state index in [1.54, 1.807) is 12.1 Å². The van der Waals surface area contributed by atoms with E-state index in [9.17, 15) is 27.6 Å². The first-order chi connectivity index (χ1) is 22.0. The van der Waals surface area contributed by atoms with Gasteiger partial charge in [0.25, 0.3) is 10.1 Å². The molecule has 3 aliphatic carbocycles. The number of amides is 3. The van der Waals surface area contributed by atoms with Gasteiger partial charge in [-0.25, -0.2) is 9.59 Å². The molecule has 0 bridgehead atoms. The average Bonchev–Trinajstić information content (AvgIpc) is 3.81. The first-order valence-corrected chi connectivity index (χ1v) is 18.2. The zero-order chi connectivity index (χ0) is 32.6. The topological polar surface area (TPSA) is 157 Å². The summed E-state index contributed by atoms with van der Waals surface area (Å²) in [5.41, 5.74) is -1.27. The number of ether oxygens (including phenoxy) is 2. The maximum Gasteiger partial charge on any atom is 0.408 e. The molecular weight excluding hydrogens is 682 g/mol. The van der Waals surface area contributed by atoms with Gasteiger partial charge in [0, 0.05) is 23.4 Å². The highest BCUT2D eigenvalue weighted by Crippen LogP contribution is 2.52. The minimum Gasteiger partial charge on any atom is -0.467 e. The zero-order valence-electron chi connectivity index (χ0n) is 25.7. The van der Waals surface area contributed by atoms with Crippen LogP contribution < -0.4 is 10.6 Å². The first-order valence-electron chi connectivity index (χ1n) is 16.0. The lowest BCUT2D eigenvalue weighted by Crippen LogP contribution is -2.56. The standard InChI is InChI=1S/C32H40BrN3O9S/c1-43-30(39)32-17-21(32)7-5-3-2-4-6-8-26(34-31(40)44-23-14-19-13-20(19)15-23)29(38)36-18-24(16-27(36)28(37)35-32)45-46(41,42)25-11-9-22(33)10-12-25/h5,7,9-12,19-21,23-24,26-27H,2-4,6,8,13-18H2,1H3,(H,34,40)(H,35,37)/b7-5-/t19?,20?,21-,23?,24-,26-,27-,32+/m0/s1. The van der Waals surface area contributed by atoms with E-state index in [-0.39, 0.29) is 29.9 Å². The molecule has 3 saturated carbocycles. The molecule has 2 aliphatic heterocycles. The summed E-state index contributed by atoms with van der Waals surface area (Å²) < 4.78 is 43.3. The summed E-state index contributed by atoms with van der Waals surface area (Å²) in [6.45, 7) is -0.208. The fourth-order valence-electron chi connectivity index (χ4n) is 7.22. The molecule has 2 unspecified atom stereocenters. The number of hydrogen-bond acceptors (Lipinski definition) is 9. The van der Waals surface area contributed by atoms with E-state index >= 15 is 0 Å². The van der Waals surface area contributed by atoms with Crippen LogP contribution in [0.5, 0.6) is 0 Å². The molecule has 6 rings (SSSR count). The van der Waals surface area contributed by atoms with Gasteiger partial charge in [-0.1, -0.05) is 40.9 Å². The Kier molecular flexibility index (Phi) is 9.50. The van der Waals surface area contributed by atoms with E-state index < -0.39 is 57.7 Å². The van der Waals surface area contributed by atoms with Gasteiger partial charge in [-0.2, -0.15) is 8.42 Å².